The van der Waals surface area contributed by atoms with E-state index in [4.69, 9.17) is 19.1 Å². The van der Waals surface area contributed by atoms with E-state index >= 15 is 0 Å². The van der Waals surface area contributed by atoms with Crippen LogP contribution in [-0.2, 0) is 34.5 Å². The number of para-hydroxylation sites is 1. The number of aromatic nitrogens is 3. The summed E-state index contributed by atoms with van der Waals surface area (Å²) < 4.78 is 15.5. The van der Waals surface area contributed by atoms with Crippen LogP contribution in [0.3, 0.4) is 0 Å². The van der Waals surface area contributed by atoms with Crippen molar-refractivity contribution in [2.24, 2.45) is 5.41 Å². The van der Waals surface area contributed by atoms with Crippen LogP contribution < -0.4 is 4.74 Å². The number of benzene rings is 6. The lowest BCUT2D eigenvalue weighted by Gasteiger charge is -2.28. The summed E-state index contributed by atoms with van der Waals surface area (Å²) in [5.74, 6) is 2.59. The maximum atomic E-state index is 12.7. The molecule has 374 valence electrons. The van der Waals surface area contributed by atoms with Gasteiger partial charge in [-0.1, -0.05) is 171 Å². The smallest absolute Gasteiger partial charge is 0.160 e. The van der Waals surface area contributed by atoms with E-state index in [1.54, 1.807) is 0 Å². The summed E-state index contributed by atoms with van der Waals surface area (Å²) in [5.41, 5.74) is 16.7. The molecule has 9 aromatic rings. The lowest BCUT2D eigenvalue weighted by atomic mass is 9.79. The molecule has 3 aromatic heterocycles. The Kier molecular flexibility index (Phi) is 12.0. The van der Waals surface area contributed by atoms with Crippen LogP contribution in [-0.4, -0.2) is 19.6 Å². The van der Waals surface area contributed by atoms with Gasteiger partial charge in [0.25, 0.3) is 0 Å². The molecule has 0 bridgehead atoms. The van der Waals surface area contributed by atoms with E-state index < -0.39 is 0 Å². The summed E-state index contributed by atoms with van der Waals surface area (Å²) in [6, 6.07) is 46.0. The standard InChI is InChI=1S/C67H73N3O3/c1-63(2,3)39-40-24-27-55-43(30-40)34-57(72-55)58-38-50-56(73-58)28-29-68-59(50)44-31-42(32-46(33-44)65(7,8)9)48-22-19-23-54-60(48)69-62(51-36-47(66(10,11)12)37-52(61(51)71)67(13,14)15)70(54)53-26-25-45(64(4,5)6)35-49(53)41-20-17-16-18-21-41/h16-37,58,71H,38-39H2,1-15H3. The zero-order chi connectivity index (χ0) is 52.2. The van der Waals surface area contributed by atoms with Crippen LogP contribution in [0.15, 0.2) is 138 Å². The third kappa shape index (κ3) is 9.62. The molecule has 1 atom stereocenters. The molecule has 0 fully saturated rings. The van der Waals surface area contributed by atoms with Gasteiger partial charge in [-0.05, 0) is 128 Å². The lowest BCUT2D eigenvalue weighted by Crippen LogP contribution is -2.17. The van der Waals surface area contributed by atoms with E-state index in [0.717, 1.165) is 95.8 Å². The normalized spacial score (nSPS) is 14.5. The summed E-state index contributed by atoms with van der Waals surface area (Å²) >= 11 is 0. The van der Waals surface area contributed by atoms with Crippen molar-refractivity contribution >= 4 is 22.0 Å². The van der Waals surface area contributed by atoms with E-state index in [-0.39, 0.29) is 38.9 Å². The Balaban J connectivity index is 1.18. The predicted octanol–water partition coefficient (Wildman–Crippen LogP) is 18.0. The van der Waals surface area contributed by atoms with Gasteiger partial charge < -0.3 is 14.3 Å². The van der Waals surface area contributed by atoms with Gasteiger partial charge in [0.05, 0.1) is 28.0 Å². The predicted molar refractivity (Wildman–Crippen MR) is 304 cm³/mol. The van der Waals surface area contributed by atoms with Crippen molar-refractivity contribution in [3.63, 3.8) is 0 Å². The van der Waals surface area contributed by atoms with Gasteiger partial charge in [0.1, 0.15) is 28.7 Å². The van der Waals surface area contributed by atoms with E-state index in [9.17, 15) is 5.11 Å². The monoisotopic (exact) mass is 968 g/mol. The number of hydrogen-bond donors (Lipinski definition) is 1. The molecule has 1 unspecified atom stereocenters. The first kappa shape index (κ1) is 49.6. The molecular formula is C67H73N3O3. The Morgan fingerprint density at radius 2 is 1.27 bits per heavy atom. The highest BCUT2D eigenvalue weighted by atomic mass is 16.5. The Bertz CT molecular complexity index is 3570. The number of hydrogen-bond acceptors (Lipinski definition) is 5. The Hall–Kier alpha value is -6.92. The summed E-state index contributed by atoms with van der Waals surface area (Å²) in [6.07, 6.45) is 3.22. The minimum Gasteiger partial charge on any atom is -0.507 e. The van der Waals surface area contributed by atoms with Crippen molar-refractivity contribution in [1.82, 2.24) is 14.5 Å². The third-order valence-corrected chi connectivity index (χ3v) is 14.6. The van der Waals surface area contributed by atoms with Crippen LogP contribution in [0.25, 0.3) is 72.6 Å². The largest absolute Gasteiger partial charge is 0.507 e. The highest BCUT2D eigenvalue weighted by Gasteiger charge is 2.33. The second-order valence-corrected chi connectivity index (χ2v) is 26.0. The third-order valence-electron chi connectivity index (χ3n) is 14.6. The fraction of sp³-hybridized carbons (Fsp3) is 0.343. The van der Waals surface area contributed by atoms with Gasteiger partial charge in [0, 0.05) is 45.8 Å². The van der Waals surface area contributed by atoms with Crippen molar-refractivity contribution in [3.05, 3.63) is 173 Å². The molecule has 6 heteroatoms. The molecule has 0 spiro atoms. The van der Waals surface area contributed by atoms with E-state index in [1.807, 2.05) is 12.3 Å². The molecule has 4 heterocycles. The average Bonchev–Trinajstić information content (AvgIpc) is 4.05. The Labute approximate surface area is 433 Å². The minimum absolute atomic E-state index is 0.0870. The number of phenolic OH excluding ortho intramolecular Hbond substituents is 1. The van der Waals surface area contributed by atoms with Crippen LogP contribution in [0.2, 0.25) is 0 Å². The number of rotatable bonds is 7. The van der Waals surface area contributed by atoms with Crippen molar-refractivity contribution < 1.29 is 14.3 Å². The second kappa shape index (κ2) is 17.6. The zero-order valence-electron chi connectivity index (χ0n) is 45.8. The molecule has 10 rings (SSSR count). The average molecular weight is 968 g/mol. The molecule has 0 saturated heterocycles. The Morgan fingerprint density at radius 1 is 0.589 bits per heavy atom. The summed E-state index contributed by atoms with van der Waals surface area (Å²) in [7, 11) is 0. The SMILES string of the molecule is CC(C)(C)Cc1ccc2oc(C3Cc4c(ccnc4-c4cc(-c5cccc6c5nc(-c5cc(C(C)(C)C)cc(C(C)(C)C)c5O)n6-c5ccc(C(C)(C)C)cc5-c5ccccc5)cc(C(C)(C)C)c4)O3)cc2c1. The topological polar surface area (TPSA) is 73.3 Å². The highest BCUT2D eigenvalue weighted by molar-refractivity contribution is 5.98. The highest BCUT2D eigenvalue weighted by Crippen LogP contribution is 2.48. The van der Waals surface area contributed by atoms with Gasteiger partial charge >= 0.3 is 0 Å². The molecule has 1 aliphatic heterocycles. The number of fused-ring (bicyclic) bond motifs is 3. The maximum absolute atomic E-state index is 12.7. The number of furan rings is 1. The first-order chi connectivity index (χ1) is 34.2. The summed E-state index contributed by atoms with van der Waals surface area (Å²) in [5, 5.41) is 13.8. The van der Waals surface area contributed by atoms with Crippen LogP contribution >= 0.6 is 0 Å². The van der Waals surface area contributed by atoms with E-state index in [1.165, 1.54) is 16.7 Å². The number of ether oxygens (including phenoxy) is 1. The number of imidazole rings is 1. The van der Waals surface area contributed by atoms with Crippen molar-refractivity contribution in [2.75, 3.05) is 0 Å². The molecule has 0 radical (unpaired) electrons. The van der Waals surface area contributed by atoms with E-state index in [2.05, 4.69) is 230 Å². The maximum Gasteiger partial charge on any atom is 0.160 e. The fourth-order valence-corrected chi connectivity index (χ4v) is 10.5. The summed E-state index contributed by atoms with van der Waals surface area (Å²) in [4.78, 5) is 10.9. The van der Waals surface area contributed by atoms with Crippen LogP contribution in [0.5, 0.6) is 11.5 Å². The van der Waals surface area contributed by atoms with Crippen molar-refractivity contribution in [2.45, 2.75) is 144 Å². The Morgan fingerprint density at radius 3 is 1.96 bits per heavy atom. The summed E-state index contributed by atoms with van der Waals surface area (Å²) in [6.45, 7) is 33.6. The lowest BCUT2D eigenvalue weighted by molar-refractivity contribution is 0.208. The number of phenols is 1. The molecule has 73 heavy (non-hydrogen) atoms. The molecule has 0 saturated carbocycles. The van der Waals surface area contributed by atoms with Gasteiger partial charge in [-0.3, -0.25) is 9.55 Å². The van der Waals surface area contributed by atoms with Gasteiger partial charge in [0.15, 0.2) is 6.10 Å². The zero-order valence-corrected chi connectivity index (χ0v) is 45.8. The minimum atomic E-state index is -0.339. The van der Waals surface area contributed by atoms with Crippen LogP contribution in [0, 0.1) is 5.41 Å². The van der Waals surface area contributed by atoms with Crippen molar-refractivity contribution in [1.29, 1.82) is 0 Å². The first-order valence-corrected chi connectivity index (χ1v) is 26.1. The fourth-order valence-electron chi connectivity index (χ4n) is 10.5. The van der Waals surface area contributed by atoms with Crippen LogP contribution in [0.1, 0.15) is 149 Å². The molecule has 0 aliphatic carbocycles. The molecule has 0 amide bonds. The quantitative estimate of drug-likeness (QED) is 0.172. The van der Waals surface area contributed by atoms with Gasteiger partial charge in [0.2, 0.25) is 0 Å². The van der Waals surface area contributed by atoms with Crippen LogP contribution in [0.4, 0.5) is 0 Å². The molecule has 6 nitrogen and oxygen atoms in total. The van der Waals surface area contributed by atoms with Crippen molar-refractivity contribution in [3.8, 4) is 62.1 Å². The van der Waals surface area contributed by atoms with Gasteiger partial charge in [-0.25, -0.2) is 4.98 Å². The number of pyridine rings is 1. The molecule has 1 aliphatic rings. The molecule has 1 N–H and O–H groups in total. The van der Waals surface area contributed by atoms with Gasteiger partial charge in [-0.2, -0.15) is 0 Å². The second-order valence-electron chi connectivity index (χ2n) is 26.0. The number of aromatic hydroxyl groups is 1. The van der Waals surface area contributed by atoms with Gasteiger partial charge in [-0.15, -0.1) is 0 Å². The van der Waals surface area contributed by atoms with E-state index in [0.29, 0.717) is 17.8 Å². The number of nitrogens with zero attached hydrogens (tertiary/aromatic N) is 3. The molecule has 6 aromatic carbocycles. The first-order valence-electron chi connectivity index (χ1n) is 26.1. The molecular weight excluding hydrogens is 895 g/mol.